The molecule has 4 nitrogen and oxygen atoms in total. The predicted octanol–water partition coefficient (Wildman–Crippen LogP) is 3.78. The first-order valence-corrected chi connectivity index (χ1v) is 8.35. The summed E-state index contributed by atoms with van der Waals surface area (Å²) in [5, 5.41) is 4.67. The molecule has 0 unspecified atom stereocenters. The first kappa shape index (κ1) is 15.3. The Morgan fingerprint density at radius 1 is 1.23 bits per heavy atom. The minimum atomic E-state index is 0.145. The zero-order chi connectivity index (χ0) is 15.7. The SMILES string of the molecule is Cc1sc(CCNC(C)(C)C)nc1-c1ccc2c(c1)OCO2. The Morgan fingerprint density at radius 2 is 2.00 bits per heavy atom. The average molecular weight is 318 g/mol. The number of fused-ring (bicyclic) bond motifs is 1. The maximum atomic E-state index is 5.45. The second-order valence-electron chi connectivity index (χ2n) is 6.51. The molecular formula is C17H22N2O2S. The Labute approximate surface area is 135 Å². The van der Waals surface area contributed by atoms with Crippen LogP contribution < -0.4 is 14.8 Å². The minimum Gasteiger partial charge on any atom is -0.454 e. The van der Waals surface area contributed by atoms with Crippen molar-refractivity contribution >= 4 is 11.3 Å². The van der Waals surface area contributed by atoms with Gasteiger partial charge >= 0.3 is 0 Å². The number of ether oxygens (including phenoxy) is 2. The van der Waals surface area contributed by atoms with Crippen molar-refractivity contribution in [1.82, 2.24) is 10.3 Å². The van der Waals surface area contributed by atoms with Crippen LogP contribution in [0.1, 0.15) is 30.7 Å². The van der Waals surface area contributed by atoms with E-state index in [0.717, 1.165) is 35.7 Å². The van der Waals surface area contributed by atoms with Gasteiger partial charge in [-0.25, -0.2) is 4.98 Å². The van der Waals surface area contributed by atoms with E-state index in [1.165, 1.54) is 9.88 Å². The van der Waals surface area contributed by atoms with Crippen molar-refractivity contribution in [3.8, 4) is 22.8 Å². The summed E-state index contributed by atoms with van der Waals surface area (Å²) in [7, 11) is 0. The smallest absolute Gasteiger partial charge is 0.231 e. The van der Waals surface area contributed by atoms with Crippen LogP contribution in [0, 0.1) is 6.92 Å². The molecule has 0 amide bonds. The standard InChI is InChI=1S/C17H22N2O2S/c1-11-16(12-5-6-13-14(9-12)21-10-20-13)19-15(22-11)7-8-18-17(2,3)4/h5-6,9,18H,7-8,10H2,1-4H3. The summed E-state index contributed by atoms with van der Waals surface area (Å²) >= 11 is 1.77. The molecule has 2 heterocycles. The summed E-state index contributed by atoms with van der Waals surface area (Å²) in [5.74, 6) is 1.62. The van der Waals surface area contributed by atoms with E-state index < -0.39 is 0 Å². The van der Waals surface area contributed by atoms with Gasteiger partial charge in [0.1, 0.15) is 0 Å². The summed E-state index contributed by atoms with van der Waals surface area (Å²) in [6.45, 7) is 9.91. The largest absolute Gasteiger partial charge is 0.454 e. The molecule has 0 radical (unpaired) electrons. The van der Waals surface area contributed by atoms with E-state index in [9.17, 15) is 0 Å². The van der Waals surface area contributed by atoms with E-state index in [-0.39, 0.29) is 5.54 Å². The highest BCUT2D eigenvalue weighted by molar-refractivity contribution is 7.12. The zero-order valence-electron chi connectivity index (χ0n) is 13.5. The monoisotopic (exact) mass is 318 g/mol. The highest BCUT2D eigenvalue weighted by Crippen LogP contribution is 2.37. The Morgan fingerprint density at radius 3 is 2.77 bits per heavy atom. The fourth-order valence-corrected chi connectivity index (χ4v) is 3.37. The zero-order valence-corrected chi connectivity index (χ0v) is 14.3. The summed E-state index contributed by atoms with van der Waals surface area (Å²) < 4.78 is 10.8. The minimum absolute atomic E-state index is 0.145. The van der Waals surface area contributed by atoms with Crippen LogP contribution >= 0.6 is 11.3 Å². The van der Waals surface area contributed by atoms with Crippen molar-refractivity contribution in [2.24, 2.45) is 0 Å². The Hall–Kier alpha value is -1.59. The number of aryl methyl sites for hydroxylation is 1. The van der Waals surface area contributed by atoms with Gasteiger partial charge < -0.3 is 14.8 Å². The van der Waals surface area contributed by atoms with Crippen LogP contribution in [0.15, 0.2) is 18.2 Å². The van der Waals surface area contributed by atoms with E-state index >= 15 is 0 Å². The molecule has 0 bridgehead atoms. The summed E-state index contributed by atoms with van der Waals surface area (Å²) in [4.78, 5) is 6.05. The van der Waals surface area contributed by atoms with E-state index in [4.69, 9.17) is 14.5 Å². The average Bonchev–Trinajstić information content (AvgIpc) is 3.02. The number of hydrogen-bond acceptors (Lipinski definition) is 5. The fraction of sp³-hybridized carbons (Fsp3) is 0.471. The molecule has 1 aliphatic heterocycles. The summed E-state index contributed by atoms with van der Waals surface area (Å²) in [6, 6.07) is 6.02. The fourth-order valence-electron chi connectivity index (χ4n) is 2.41. The third-order valence-corrected chi connectivity index (χ3v) is 4.51. The molecule has 0 fully saturated rings. The predicted molar refractivity (Wildman–Crippen MR) is 89.9 cm³/mol. The molecule has 1 aliphatic rings. The van der Waals surface area contributed by atoms with Gasteiger partial charge in [0, 0.05) is 28.9 Å². The first-order chi connectivity index (χ1) is 10.4. The van der Waals surface area contributed by atoms with E-state index in [0.29, 0.717) is 6.79 Å². The van der Waals surface area contributed by atoms with Gasteiger partial charge in [-0.15, -0.1) is 11.3 Å². The van der Waals surface area contributed by atoms with Crippen LogP contribution in [-0.4, -0.2) is 23.9 Å². The van der Waals surface area contributed by atoms with Gasteiger partial charge in [-0.1, -0.05) is 0 Å². The molecule has 22 heavy (non-hydrogen) atoms. The molecule has 1 aromatic heterocycles. The Bertz CT molecular complexity index is 674. The van der Waals surface area contributed by atoms with Crippen LogP contribution in [0.4, 0.5) is 0 Å². The second-order valence-corrected chi connectivity index (χ2v) is 7.79. The molecule has 3 rings (SSSR count). The van der Waals surface area contributed by atoms with Gasteiger partial charge in [0.2, 0.25) is 6.79 Å². The quantitative estimate of drug-likeness (QED) is 0.932. The lowest BCUT2D eigenvalue weighted by molar-refractivity contribution is 0.174. The summed E-state index contributed by atoms with van der Waals surface area (Å²) in [6.07, 6.45) is 0.952. The number of benzene rings is 1. The molecule has 118 valence electrons. The number of rotatable bonds is 4. The van der Waals surface area contributed by atoms with Crippen molar-refractivity contribution in [3.63, 3.8) is 0 Å². The normalized spacial score (nSPS) is 13.6. The number of hydrogen-bond donors (Lipinski definition) is 1. The lowest BCUT2D eigenvalue weighted by Crippen LogP contribution is -2.37. The van der Waals surface area contributed by atoms with Crippen LogP contribution in [0.25, 0.3) is 11.3 Å². The van der Waals surface area contributed by atoms with Crippen LogP contribution in [0.5, 0.6) is 11.5 Å². The van der Waals surface area contributed by atoms with Gasteiger partial charge in [-0.2, -0.15) is 0 Å². The molecule has 0 aliphatic carbocycles. The van der Waals surface area contributed by atoms with Gasteiger partial charge in [0.25, 0.3) is 0 Å². The van der Waals surface area contributed by atoms with Crippen LogP contribution in [-0.2, 0) is 6.42 Å². The molecule has 1 aromatic carbocycles. The number of nitrogens with zero attached hydrogens (tertiary/aromatic N) is 1. The molecule has 0 saturated carbocycles. The van der Waals surface area contributed by atoms with Gasteiger partial charge in [-0.3, -0.25) is 0 Å². The summed E-state index contributed by atoms with van der Waals surface area (Å²) in [5.41, 5.74) is 2.29. The molecule has 1 N–H and O–H groups in total. The number of aromatic nitrogens is 1. The Balaban J connectivity index is 1.75. The molecule has 5 heteroatoms. The maximum Gasteiger partial charge on any atom is 0.231 e. The van der Waals surface area contributed by atoms with Crippen molar-refractivity contribution in [3.05, 3.63) is 28.1 Å². The molecule has 0 spiro atoms. The number of thiazole rings is 1. The van der Waals surface area contributed by atoms with Crippen molar-refractivity contribution in [2.75, 3.05) is 13.3 Å². The van der Waals surface area contributed by atoms with Gasteiger partial charge in [-0.05, 0) is 45.9 Å². The molecule has 0 saturated heterocycles. The van der Waals surface area contributed by atoms with E-state index in [1.807, 2.05) is 18.2 Å². The van der Waals surface area contributed by atoms with E-state index in [2.05, 4.69) is 33.0 Å². The van der Waals surface area contributed by atoms with Crippen molar-refractivity contribution in [1.29, 1.82) is 0 Å². The van der Waals surface area contributed by atoms with Crippen molar-refractivity contribution < 1.29 is 9.47 Å². The maximum absolute atomic E-state index is 5.45. The lowest BCUT2D eigenvalue weighted by Gasteiger charge is -2.19. The molecular weight excluding hydrogens is 296 g/mol. The third kappa shape index (κ3) is 3.42. The topological polar surface area (TPSA) is 43.4 Å². The highest BCUT2D eigenvalue weighted by Gasteiger charge is 2.17. The second kappa shape index (κ2) is 5.89. The first-order valence-electron chi connectivity index (χ1n) is 7.54. The van der Waals surface area contributed by atoms with Gasteiger partial charge in [0.15, 0.2) is 11.5 Å². The van der Waals surface area contributed by atoms with Crippen LogP contribution in [0.3, 0.4) is 0 Å². The molecule has 0 atom stereocenters. The highest BCUT2D eigenvalue weighted by atomic mass is 32.1. The lowest BCUT2D eigenvalue weighted by atomic mass is 10.1. The number of nitrogens with one attached hydrogen (secondary N) is 1. The van der Waals surface area contributed by atoms with E-state index in [1.54, 1.807) is 11.3 Å². The van der Waals surface area contributed by atoms with Crippen molar-refractivity contribution in [2.45, 2.75) is 39.7 Å². The van der Waals surface area contributed by atoms with Gasteiger partial charge in [0.05, 0.1) is 10.7 Å². The molecule has 2 aromatic rings. The Kier molecular flexibility index (Phi) is 4.10. The van der Waals surface area contributed by atoms with Crippen LogP contribution in [0.2, 0.25) is 0 Å². The third-order valence-electron chi connectivity index (χ3n) is 3.48.